The topological polar surface area (TPSA) is 46.5 Å². The van der Waals surface area contributed by atoms with Crippen molar-refractivity contribution in [3.63, 3.8) is 0 Å². The van der Waals surface area contributed by atoms with Gasteiger partial charge in [0.1, 0.15) is 0 Å². The number of carbonyl (C=O) groups excluding carboxylic acids is 1. The van der Waals surface area contributed by atoms with Gasteiger partial charge in [-0.1, -0.05) is 11.6 Å². The highest BCUT2D eigenvalue weighted by molar-refractivity contribution is 6.35. The third kappa shape index (κ3) is 1.79. The Hall–Kier alpha value is -1.22. The Morgan fingerprint density at radius 3 is 2.73 bits per heavy atom. The molecule has 1 saturated carbocycles. The second-order valence-corrected chi connectivity index (χ2v) is 4.00. The molecule has 0 aromatic heterocycles. The minimum absolute atomic E-state index is 0.0401. The van der Waals surface area contributed by atoms with Crippen LogP contribution >= 0.6 is 11.6 Å². The van der Waals surface area contributed by atoms with Crippen LogP contribution in [0.3, 0.4) is 0 Å². The maximum Gasteiger partial charge on any atom is 0.179 e. The molecule has 2 rings (SSSR count). The summed E-state index contributed by atoms with van der Waals surface area (Å²) in [4.78, 5) is 11.8. The van der Waals surface area contributed by atoms with Crippen LogP contribution in [0.2, 0.25) is 5.02 Å². The molecule has 0 spiro atoms. The number of benzene rings is 1. The van der Waals surface area contributed by atoms with Gasteiger partial charge in [-0.05, 0) is 25.0 Å². The molecule has 0 radical (unpaired) electrons. The van der Waals surface area contributed by atoms with Crippen LogP contribution in [0.4, 0.5) is 0 Å². The fourth-order valence-corrected chi connectivity index (χ4v) is 1.83. The molecule has 1 aliphatic carbocycles. The second-order valence-electron chi connectivity index (χ2n) is 3.62. The summed E-state index contributed by atoms with van der Waals surface area (Å²) in [5, 5.41) is 9.63. The first-order chi connectivity index (χ1) is 7.15. The number of phenolic OH excluding ortho intramolecular Hbond substituents is 1. The molecule has 0 heterocycles. The van der Waals surface area contributed by atoms with Crippen LogP contribution in [0.15, 0.2) is 12.1 Å². The van der Waals surface area contributed by atoms with E-state index >= 15 is 0 Å². The zero-order chi connectivity index (χ0) is 11.0. The predicted molar refractivity (Wildman–Crippen MR) is 56.7 cm³/mol. The molecule has 0 aliphatic heterocycles. The second kappa shape index (κ2) is 3.74. The minimum Gasteiger partial charge on any atom is -0.504 e. The maximum atomic E-state index is 11.8. The number of rotatable bonds is 3. The van der Waals surface area contributed by atoms with Gasteiger partial charge in [0, 0.05) is 11.5 Å². The zero-order valence-electron chi connectivity index (χ0n) is 8.29. The van der Waals surface area contributed by atoms with Gasteiger partial charge in [-0.15, -0.1) is 0 Å². The number of carbonyl (C=O) groups is 1. The van der Waals surface area contributed by atoms with Crippen molar-refractivity contribution < 1.29 is 14.6 Å². The molecular formula is C11H11ClO3. The van der Waals surface area contributed by atoms with Gasteiger partial charge < -0.3 is 9.84 Å². The van der Waals surface area contributed by atoms with Crippen LogP contribution in [-0.4, -0.2) is 18.0 Å². The van der Waals surface area contributed by atoms with Gasteiger partial charge >= 0.3 is 0 Å². The Morgan fingerprint density at radius 2 is 2.20 bits per heavy atom. The van der Waals surface area contributed by atoms with E-state index in [-0.39, 0.29) is 28.2 Å². The van der Waals surface area contributed by atoms with Crippen molar-refractivity contribution in [2.24, 2.45) is 5.92 Å². The van der Waals surface area contributed by atoms with E-state index in [0.717, 1.165) is 12.8 Å². The molecule has 0 unspecified atom stereocenters. The first kappa shape index (κ1) is 10.3. The van der Waals surface area contributed by atoms with Crippen LogP contribution < -0.4 is 4.74 Å². The standard InChI is InChI=1S/C11H11ClO3/c1-15-11-8(13)5-4-7(9(11)12)10(14)6-2-3-6/h4-6,13H,2-3H2,1H3. The van der Waals surface area contributed by atoms with E-state index in [2.05, 4.69) is 0 Å². The number of phenols is 1. The first-order valence-corrected chi connectivity index (χ1v) is 5.12. The van der Waals surface area contributed by atoms with Gasteiger partial charge in [-0.25, -0.2) is 0 Å². The molecule has 0 amide bonds. The molecule has 0 saturated heterocycles. The molecule has 1 N–H and O–H groups in total. The third-order valence-electron chi connectivity index (χ3n) is 2.49. The van der Waals surface area contributed by atoms with E-state index in [1.54, 1.807) is 6.07 Å². The summed E-state index contributed by atoms with van der Waals surface area (Å²) < 4.78 is 4.93. The summed E-state index contributed by atoms with van der Waals surface area (Å²) in [7, 11) is 1.41. The molecule has 3 nitrogen and oxygen atoms in total. The monoisotopic (exact) mass is 226 g/mol. The Bertz CT molecular complexity index is 411. The van der Waals surface area contributed by atoms with Crippen molar-refractivity contribution in [2.45, 2.75) is 12.8 Å². The van der Waals surface area contributed by atoms with Gasteiger partial charge in [0.15, 0.2) is 17.3 Å². The van der Waals surface area contributed by atoms with E-state index in [1.165, 1.54) is 13.2 Å². The van der Waals surface area contributed by atoms with Crippen LogP contribution in [0.1, 0.15) is 23.2 Å². The number of hydrogen-bond donors (Lipinski definition) is 1. The molecule has 0 bridgehead atoms. The van der Waals surface area contributed by atoms with Crippen molar-refractivity contribution in [1.82, 2.24) is 0 Å². The van der Waals surface area contributed by atoms with E-state index in [0.29, 0.717) is 5.56 Å². The van der Waals surface area contributed by atoms with Gasteiger partial charge in [0.05, 0.1) is 12.1 Å². The predicted octanol–water partition coefficient (Wildman–Crippen LogP) is 2.65. The highest BCUT2D eigenvalue weighted by Gasteiger charge is 2.32. The maximum absolute atomic E-state index is 11.8. The molecule has 15 heavy (non-hydrogen) atoms. The summed E-state index contributed by atoms with van der Waals surface area (Å²) in [5.41, 5.74) is 0.439. The number of Topliss-reactive ketones (excluding diaryl/α,β-unsaturated/α-hetero) is 1. The number of halogens is 1. The number of hydrogen-bond acceptors (Lipinski definition) is 3. The van der Waals surface area contributed by atoms with E-state index < -0.39 is 0 Å². The summed E-state index contributed by atoms with van der Waals surface area (Å²) >= 11 is 5.98. The fraction of sp³-hybridized carbons (Fsp3) is 0.364. The van der Waals surface area contributed by atoms with Crippen LogP contribution in [0.25, 0.3) is 0 Å². The Morgan fingerprint density at radius 1 is 1.53 bits per heavy atom. The number of methoxy groups -OCH3 is 1. The van der Waals surface area contributed by atoms with E-state index in [1.807, 2.05) is 0 Å². The van der Waals surface area contributed by atoms with Crippen molar-refractivity contribution in [2.75, 3.05) is 7.11 Å². The van der Waals surface area contributed by atoms with Gasteiger partial charge in [-0.2, -0.15) is 0 Å². The van der Waals surface area contributed by atoms with Gasteiger partial charge in [0.2, 0.25) is 0 Å². The lowest BCUT2D eigenvalue weighted by atomic mass is 10.1. The molecule has 1 fully saturated rings. The highest BCUT2D eigenvalue weighted by Crippen LogP contribution is 2.40. The van der Waals surface area contributed by atoms with Gasteiger partial charge in [-0.3, -0.25) is 4.79 Å². The Kier molecular flexibility index (Phi) is 2.57. The van der Waals surface area contributed by atoms with Crippen molar-refractivity contribution in [3.05, 3.63) is 22.7 Å². The summed E-state index contributed by atoms with van der Waals surface area (Å²) in [6.07, 6.45) is 1.86. The SMILES string of the molecule is COc1c(O)ccc(C(=O)C2CC2)c1Cl. The molecule has 1 aliphatic rings. The normalized spacial score (nSPS) is 15.1. The third-order valence-corrected chi connectivity index (χ3v) is 2.87. The highest BCUT2D eigenvalue weighted by atomic mass is 35.5. The molecular weight excluding hydrogens is 216 g/mol. The molecule has 1 aromatic carbocycles. The molecule has 80 valence electrons. The largest absolute Gasteiger partial charge is 0.504 e. The van der Waals surface area contributed by atoms with E-state index in [4.69, 9.17) is 16.3 Å². The van der Waals surface area contributed by atoms with Crippen molar-refractivity contribution >= 4 is 17.4 Å². The van der Waals surface area contributed by atoms with Crippen molar-refractivity contribution in [1.29, 1.82) is 0 Å². The lowest BCUT2D eigenvalue weighted by Crippen LogP contribution is -2.03. The zero-order valence-corrected chi connectivity index (χ0v) is 9.04. The number of ketones is 1. The quantitative estimate of drug-likeness (QED) is 0.806. The summed E-state index contributed by atoms with van der Waals surface area (Å²) in [6, 6.07) is 2.97. The number of aromatic hydroxyl groups is 1. The lowest BCUT2D eigenvalue weighted by Gasteiger charge is -2.09. The summed E-state index contributed by atoms with van der Waals surface area (Å²) in [6.45, 7) is 0. The van der Waals surface area contributed by atoms with E-state index in [9.17, 15) is 9.90 Å². The molecule has 1 aromatic rings. The Balaban J connectivity index is 2.43. The van der Waals surface area contributed by atoms with Crippen LogP contribution in [0, 0.1) is 5.92 Å². The average molecular weight is 227 g/mol. The smallest absolute Gasteiger partial charge is 0.179 e. The minimum atomic E-state index is -0.0464. The first-order valence-electron chi connectivity index (χ1n) is 4.74. The molecule has 4 heteroatoms. The van der Waals surface area contributed by atoms with Crippen molar-refractivity contribution in [3.8, 4) is 11.5 Å². The van der Waals surface area contributed by atoms with Crippen LogP contribution in [0.5, 0.6) is 11.5 Å². The number of ether oxygens (including phenoxy) is 1. The summed E-state index contributed by atoms with van der Waals surface area (Å²) in [5.74, 6) is 0.271. The lowest BCUT2D eigenvalue weighted by molar-refractivity contribution is 0.0967. The average Bonchev–Trinajstić information content (AvgIpc) is 3.01. The van der Waals surface area contributed by atoms with Gasteiger partial charge in [0.25, 0.3) is 0 Å². The molecule has 0 atom stereocenters. The fourth-order valence-electron chi connectivity index (χ4n) is 1.50. The van der Waals surface area contributed by atoms with Crippen LogP contribution in [-0.2, 0) is 0 Å². The Labute approximate surface area is 92.6 Å².